The molecule has 1 unspecified atom stereocenters. The highest BCUT2D eigenvalue weighted by atomic mass is 16.2. The molecule has 0 aliphatic carbocycles. The molecule has 1 atom stereocenters. The maximum absolute atomic E-state index is 11.7. The van der Waals surface area contributed by atoms with E-state index in [1.807, 2.05) is 16.9 Å². The van der Waals surface area contributed by atoms with Crippen LogP contribution < -0.4 is 10.6 Å². The second-order valence-corrected chi connectivity index (χ2v) is 5.87. The first-order valence-electron chi connectivity index (χ1n) is 7.95. The van der Waals surface area contributed by atoms with Gasteiger partial charge in [0.25, 0.3) is 0 Å². The molecule has 0 aromatic carbocycles. The van der Waals surface area contributed by atoms with Crippen molar-refractivity contribution in [3.63, 3.8) is 0 Å². The Morgan fingerprint density at radius 1 is 1.29 bits per heavy atom. The average Bonchev–Trinajstić information content (AvgIpc) is 2.99. The van der Waals surface area contributed by atoms with Crippen LogP contribution in [0.5, 0.6) is 0 Å². The van der Waals surface area contributed by atoms with E-state index in [1.54, 1.807) is 6.20 Å². The first-order chi connectivity index (χ1) is 10.2. The number of nitrogens with zero attached hydrogens (tertiary/aromatic N) is 3. The van der Waals surface area contributed by atoms with Gasteiger partial charge in [-0.15, -0.1) is 0 Å². The molecule has 0 saturated carbocycles. The lowest BCUT2D eigenvalue weighted by atomic mass is 10.1. The average molecular weight is 293 g/mol. The Bertz CT molecular complexity index is 400. The van der Waals surface area contributed by atoms with Crippen molar-refractivity contribution in [3.8, 4) is 0 Å². The maximum Gasteiger partial charge on any atom is 0.314 e. The van der Waals surface area contributed by atoms with E-state index in [0.717, 1.165) is 19.6 Å². The second kappa shape index (κ2) is 8.67. The molecule has 1 aromatic heterocycles. The quantitative estimate of drug-likeness (QED) is 0.796. The summed E-state index contributed by atoms with van der Waals surface area (Å²) in [6.07, 6.45) is 7.63. The Morgan fingerprint density at radius 2 is 2.10 bits per heavy atom. The van der Waals surface area contributed by atoms with Crippen molar-refractivity contribution in [2.24, 2.45) is 5.92 Å². The lowest BCUT2D eigenvalue weighted by Crippen LogP contribution is -2.43. The number of carbonyl (C=O) groups is 1. The number of nitrogens with one attached hydrogen (secondary N) is 2. The minimum Gasteiger partial charge on any atom is -0.338 e. The first kappa shape index (κ1) is 15.8. The largest absolute Gasteiger partial charge is 0.338 e. The van der Waals surface area contributed by atoms with Crippen LogP contribution in [0, 0.1) is 5.92 Å². The number of likely N-dealkylation sites (tertiary alicyclic amines) is 1. The van der Waals surface area contributed by atoms with E-state index in [1.165, 1.54) is 32.4 Å². The molecule has 1 aliphatic rings. The molecule has 0 spiro atoms. The third-order valence-electron chi connectivity index (χ3n) is 3.83. The van der Waals surface area contributed by atoms with E-state index in [2.05, 4.69) is 27.6 Å². The second-order valence-electron chi connectivity index (χ2n) is 5.87. The molecule has 1 fully saturated rings. The number of hydrogen-bond acceptors (Lipinski definition) is 3. The van der Waals surface area contributed by atoms with E-state index in [4.69, 9.17) is 0 Å². The molecule has 2 rings (SSSR count). The Labute approximate surface area is 126 Å². The zero-order valence-corrected chi connectivity index (χ0v) is 12.9. The lowest BCUT2D eigenvalue weighted by molar-refractivity contribution is 0.219. The molecule has 1 aromatic rings. The summed E-state index contributed by atoms with van der Waals surface area (Å²) in [7, 11) is 0. The Kier molecular flexibility index (Phi) is 6.53. The summed E-state index contributed by atoms with van der Waals surface area (Å²) in [5.41, 5.74) is 0. The molecular weight excluding hydrogens is 266 g/mol. The molecule has 6 nitrogen and oxygen atoms in total. The van der Waals surface area contributed by atoms with Crippen LogP contribution in [0.15, 0.2) is 18.5 Å². The Balaban J connectivity index is 1.52. The van der Waals surface area contributed by atoms with Crippen molar-refractivity contribution in [2.45, 2.75) is 32.7 Å². The van der Waals surface area contributed by atoms with Crippen molar-refractivity contribution in [1.29, 1.82) is 0 Å². The summed E-state index contributed by atoms with van der Waals surface area (Å²) in [6.45, 7) is 7.61. The third-order valence-corrected chi connectivity index (χ3v) is 3.83. The van der Waals surface area contributed by atoms with Crippen molar-refractivity contribution in [2.75, 3.05) is 32.7 Å². The molecule has 2 heterocycles. The van der Waals surface area contributed by atoms with Gasteiger partial charge in [0.15, 0.2) is 0 Å². The minimum absolute atomic E-state index is 0.0701. The molecule has 1 aliphatic heterocycles. The predicted octanol–water partition coefficient (Wildman–Crippen LogP) is 1.30. The predicted molar refractivity (Wildman–Crippen MR) is 83.1 cm³/mol. The van der Waals surface area contributed by atoms with Crippen LogP contribution in [0.2, 0.25) is 0 Å². The van der Waals surface area contributed by atoms with E-state index in [-0.39, 0.29) is 6.03 Å². The molecule has 2 N–H and O–H groups in total. The van der Waals surface area contributed by atoms with Gasteiger partial charge in [-0.05, 0) is 37.9 Å². The van der Waals surface area contributed by atoms with Gasteiger partial charge in [-0.25, -0.2) is 4.79 Å². The summed E-state index contributed by atoms with van der Waals surface area (Å²) in [6, 6.07) is 1.84. The van der Waals surface area contributed by atoms with Gasteiger partial charge in [-0.1, -0.05) is 13.3 Å². The zero-order valence-electron chi connectivity index (χ0n) is 12.9. The van der Waals surface area contributed by atoms with Crippen LogP contribution in [-0.4, -0.2) is 53.4 Å². The van der Waals surface area contributed by atoms with Gasteiger partial charge in [0.05, 0.1) is 0 Å². The molecule has 6 heteroatoms. The summed E-state index contributed by atoms with van der Waals surface area (Å²) in [5.74, 6) is 0.359. The molecule has 21 heavy (non-hydrogen) atoms. The molecule has 0 bridgehead atoms. The molecule has 0 radical (unpaired) electrons. The number of urea groups is 1. The first-order valence-corrected chi connectivity index (χ1v) is 7.95. The van der Waals surface area contributed by atoms with Crippen molar-refractivity contribution >= 4 is 6.03 Å². The fraction of sp³-hybridized carbons (Fsp3) is 0.733. The van der Waals surface area contributed by atoms with Gasteiger partial charge in [-0.3, -0.25) is 4.68 Å². The van der Waals surface area contributed by atoms with E-state index in [0.29, 0.717) is 12.5 Å². The van der Waals surface area contributed by atoms with Crippen LogP contribution >= 0.6 is 0 Å². The van der Waals surface area contributed by atoms with Crippen LogP contribution in [-0.2, 0) is 6.54 Å². The fourth-order valence-electron chi connectivity index (χ4n) is 2.63. The number of amides is 2. The highest BCUT2D eigenvalue weighted by Gasteiger charge is 2.10. The van der Waals surface area contributed by atoms with Gasteiger partial charge in [0.1, 0.15) is 0 Å². The summed E-state index contributed by atoms with van der Waals surface area (Å²) in [4.78, 5) is 14.1. The summed E-state index contributed by atoms with van der Waals surface area (Å²) >= 11 is 0. The number of piperidine rings is 1. The van der Waals surface area contributed by atoms with Crippen molar-refractivity contribution in [1.82, 2.24) is 25.3 Å². The molecule has 2 amide bonds. The fourth-order valence-corrected chi connectivity index (χ4v) is 2.63. The Morgan fingerprint density at radius 3 is 2.81 bits per heavy atom. The van der Waals surface area contributed by atoms with Crippen molar-refractivity contribution in [3.05, 3.63) is 18.5 Å². The molecule has 118 valence electrons. The standard InChI is InChI=1S/C15H27N5O/c1-14(13-20-10-5-6-18-20)12-17-15(21)16-7-11-19-8-3-2-4-9-19/h5-6,10,14H,2-4,7-9,11-13H2,1H3,(H2,16,17,21). The highest BCUT2D eigenvalue weighted by molar-refractivity contribution is 5.73. The number of aromatic nitrogens is 2. The third kappa shape index (κ3) is 6.16. The van der Waals surface area contributed by atoms with Crippen LogP contribution in [0.4, 0.5) is 4.79 Å². The minimum atomic E-state index is -0.0701. The summed E-state index contributed by atoms with van der Waals surface area (Å²) < 4.78 is 1.89. The van der Waals surface area contributed by atoms with Crippen LogP contribution in [0.25, 0.3) is 0 Å². The molecule has 1 saturated heterocycles. The molecular formula is C15H27N5O. The Hall–Kier alpha value is -1.56. The van der Waals surface area contributed by atoms with Gasteiger partial charge < -0.3 is 15.5 Å². The number of rotatable bonds is 7. The zero-order chi connectivity index (χ0) is 14.9. The summed E-state index contributed by atoms with van der Waals surface area (Å²) in [5, 5.41) is 10.0. The lowest BCUT2D eigenvalue weighted by Gasteiger charge is -2.26. The number of carbonyl (C=O) groups excluding carboxylic acids is 1. The number of hydrogen-bond donors (Lipinski definition) is 2. The van der Waals surface area contributed by atoms with Gasteiger partial charge in [0, 0.05) is 38.6 Å². The van der Waals surface area contributed by atoms with Gasteiger partial charge >= 0.3 is 6.03 Å². The van der Waals surface area contributed by atoms with E-state index >= 15 is 0 Å². The van der Waals surface area contributed by atoms with Gasteiger partial charge in [-0.2, -0.15) is 5.10 Å². The normalized spacial score (nSPS) is 17.4. The van der Waals surface area contributed by atoms with Crippen LogP contribution in [0.3, 0.4) is 0 Å². The van der Waals surface area contributed by atoms with Gasteiger partial charge in [0.2, 0.25) is 0 Å². The smallest absolute Gasteiger partial charge is 0.314 e. The van der Waals surface area contributed by atoms with E-state index < -0.39 is 0 Å². The maximum atomic E-state index is 11.7. The monoisotopic (exact) mass is 293 g/mol. The topological polar surface area (TPSA) is 62.2 Å². The van der Waals surface area contributed by atoms with Crippen LogP contribution in [0.1, 0.15) is 26.2 Å². The SMILES string of the molecule is CC(CNC(=O)NCCN1CCCCC1)Cn1cccn1. The van der Waals surface area contributed by atoms with Crippen molar-refractivity contribution < 1.29 is 4.79 Å². The highest BCUT2D eigenvalue weighted by Crippen LogP contribution is 2.07. The van der Waals surface area contributed by atoms with E-state index in [9.17, 15) is 4.79 Å².